The molecule has 6 heteroatoms. The molecule has 0 aliphatic heterocycles. The first-order valence-corrected chi connectivity index (χ1v) is 7.88. The number of amides is 1. The van der Waals surface area contributed by atoms with Crippen molar-refractivity contribution >= 4 is 51.8 Å². The van der Waals surface area contributed by atoms with Gasteiger partial charge in [0.25, 0.3) is 5.91 Å². The molecule has 0 saturated heterocycles. The Kier molecular flexibility index (Phi) is 5.42. The quantitative estimate of drug-likeness (QED) is 0.446. The summed E-state index contributed by atoms with van der Waals surface area (Å²) < 4.78 is 5.95. The molecule has 0 heterocycles. The lowest BCUT2D eigenvalue weighted by Gasteiger charge is -2.12. The third-order valence-electron chi connectivity index (χ3n) is 2.89. The van der Waals surface area contributed by atoms with E-state index in [1.54, 1.807) is 30.3 Å². The zero-order valence-electron chi connectivity index (χ0n) is 11.9. The largest absolute Gasteiger partial charge is 0.426 e. The van der Waals surface area contributed by atoms with Gasteiger partial charge in [-0.05, 0) is 65.4 Å². The Balaban J connectivity index is 2.34. The summed E-state index contributed by atoms with van der Waals surface area (Å²) in [4.78, 5) is 23.6. The Bertz CT molecular complexity index is 746. The maximum absolute atomic E-state index is 12.5. The summed E-state index contributed by atoms with van der Waals surface area (Å²) in [5, 5.41) is 3.32. The van der Waals surface area contributed by atoms with E-state index < -0.39 is 5.97 Å². The van der Waals surface area contributed by atoms with Crippen LogP contribution in [-0.2, 0) is 4.79 Å². The van der Waals surface area contributed by atoms with E-state index in [0.717, 1.165) is 9.13 Å². The van der Waals surface area contributed by atoms with Crippen LogP contribution >= 0.6 is 34.2 Å². The van der Waals surface area contributed by atoms with Crippen LogP contribution in [0.3, 0.4) is 0 Å². The van der Waals surface area contributed by atoms with Crippen molar-refractivity contribution in [3.05, 3.63) is 56.1 Å². The molecule has 2 aromatic rings. The number of carbonyl (C=O) groups is 2. The van der Waals surface area contributed by atoms with Gasteiger partial charge in [0.1, 0.15) is 5.75 Å². The van der Waals surface area contributed by atoms with E-state index in [1.807, 2.05) is 13.0 Å². The Hall–Kier alpha value is -1.60. The zero-order chi connectivity index (χ0) is 16.3. The summed E-state index contributed by atoms with van der Waals surface area (Å²) in [5.41, 5.74) is 1.80. The highest BCUT2D eigenvalue weighted by Crippen LogP contribution is 2.25. The van der Waals surface area contributed by atoms with Crippen LogP contribution in [0.25, 0.3) is 0 Å². The van der Waals surface area contributed by atoms with Crippen molar-refractivity contribution in [2.75, 3.05) is 5.32 Å². The average molecular weight is 430 g/mol. The predicted molar refractivity (Wildman–Crippen MR) is 94.6 cm³/mol. The number of esters is 1. The number of rotatable bonds is 3. The minimum Gasteiger partial charge on any atom is -0.426 e. The third-order valence-corrected chi connectivity index (χ3v) is 3.79. The highest BCUT2D eigenvalue weighted by Gasteiger charge is 2.16. The van der Waals surface area contributed by atoms with Gasteiger partial charge >= 0.3 is 5.97 Å². The maximum Gasteiger partial charge on any atom is 0.308 e. The highest BCUT2D eigenvalue weighted by molar-refractivity contribution is 14.1. The van der Waals surface area contributed by atoms with Crippen LogP contribution in [-0.4, -0.2) is 11.9 Å². The number of aryl methyl sites for hydroxylation is 1. The van der Waals surface area contributed by atoms with E-state index in [4.69, 9.17) is 16.3 Å². The van der Waals surface area contributed by atoms with Crippen molar-refractivity contribution in [1.29, 1.82) is 0 Å². The summed E-state index contributed by atoms with van der Waals surface area (Å²) in [6.45, 7) is 3.16. The molecule has 0 aliphatic rings. The highest BCUT2D eigenvalue weighted by atomic mass is 127. The summed E-state index contributed by atoms with van der Waals surface area (Å²) in [6.07, 6.45) is 0. The summed E-state index contributed by atoms with van der Waals surface area (Å²) in [6, 6.07) is 10.3. The van der Waals surface area contributed by atoms with Gasteiger partial charge in [0.15, 0.2) is 0 Å². The summed E-state index contributed by atoms with van der Waals surface area (Å²) in [5.74, 6) is -0.612. The molecule has 1 amide bonds. The number of benzene rings is 2. The minimum atomic E-state index is -0.478. The van der Waals surface area contributed by atoms with E-state index >= 15 is 0 Å². The molecule has 0 aromatic heterocycles. The topological polar surface area (TPSA) is 55.4 Å². The smallest absolute Gasteiger partial charge is 0.308 e. The van der Waals surface area contributed by atoms with Gasteiger partial charge in [-0.15, -0.1) is 0 Å². The lowest BCUT2D eigenvalue weighted by Crippen LogP contribution is -2.15. The molecule has 2 aromatic carbocycles. The SMILES string of the molecule is CC(=O)Oc1ccc(I)cc1C(=O)Nc1cc(Cl)ccc1C. The first kappa shape index (κ1) is 16.8. The predicted octanol–water partition coefficient (Wildman–Crippen LogP) is 4.43. The molecule has 0 radical (unpaired) electrons. The molecule has 0 spiro atoms. The van der Waals surface area contributed by atoms with E-state index in [-0.39, 0.29) is 11.7 Å². The van der Waals surface area contributed by atoms with Crippen LogP contribution in [0.1, 0.15) is 22.8 Å². The number of carbonyl (C=O) groups excluding carboxylic acids is 2. The number of nitrogens with one attached hydrogen (secondary N) is 1. The molecule has 0 saturated carbocycles. The van der Waals surface area contributed by atoms with E-state index in [1.165, 1.54) is 6.92 Å². The molecule has 22 heavy (non-hydrogen) atoms. The fourth-order valence-electron chi connectivity index (χ4n) is 1.84. The molecular weight excluding hydrogens is 417 g/mol. The van der Waals surface area contributed by atoms with E-state index in [9.17, 15) is 9.59 Å². The van der Waals surface area contributed by atoms with Crippen LogP contribution in [0.5, 0.6) is 5.75 Å². The van der Waals surface area contributed by atoms with Gasteiger partial charge in [0, 0.05) is 21.2 Å². The summed E-state index contributed by atoms with van der Waals surface area (Å²) >= 11 is 8.04. The lowest BCUT2D eigenvalue weighted by atomic mass is 10.1. The average Bonchev–Trinajstić information content (AvgIpc) is 2.44. The molecule has 1 N–H and O–H groups in total. The Morgan fingerprint density at radius 2 is 1.91 bits per heavy atom. The lowest BCUT2D eigenvalue weighted by molar-refractivity contribution is -0.131. The monoisotopic (exact) mass is 429 g/mol. The number of hydrogen-bond acceptors (Lipinski definition) is 3. The second-order valence-electron chi connectivity index (χ2n) is 4.65. The van der Waals surface area contributed by atoms with Gasteiger partial charge in [-0.25, -0.2) is 0 Å². The molecule has 4 nitrogen and oxygen atoms in total. The van der Waals surface area contributed by atoms with Crippen molar-refractivity contribution in [2.24, 2.45) is 0 Å². The van der Waals surface area contributed by atoms with Gasteiger partial charge in [-0.3, -0.25) is 9.59 Å². The second-order valence-corrected chi connectivity index (χ2v) is 6.33. The Labute approximate surface area is 146 Å². The number of anilines is 1. The van der Waals surface area contributed by atoms with Crippen LogP contribution in [0.4, 0.5) is 5.69 Å². The first-order chi connectivity index (χ1) is 10.4. The van der Waals surface area contributed by atoms with Crippen molar-refractivity contribution in [2.45, 2.75) is 13.8 Å². The van der Waals surface area contributed by atoms with Gasteiger partial charge in [-0.2, -0.15) is 0 Å². The maximum atomic E-state index is 12.5. The first-order valence-electron chi connectivity index (χ1n) is 6.42. The molecule has 0 fully saturated rings. The van der Waals surface area contributed by atoms with Crippen molar-refractivity contribution in [3.8, 4) is 5.75 Å². The molecule has 0 aliphatic carbocycles. The Morgan fingerprint density at radius 1 is 1.18 bits per heavy atom. The molecular formula is C16H13ClINO3. The van der Waals surface area contributed by atoms with E-state index in [2.05, 4.69) is 27.9 Å². The van der Waals surface area contributed by atoms with Crippen LogP contribution in [0, 0.1) is 10.5 Å². The van der Waals surface area contributed by atoms with Crippen molar-refractivity contribution < 1.29 is 14.3 Å². The molecule has 0 unspecified atom stereocenters. The number of ether oxygens (including phenoxy) is 1. The zero-order valence-corrected chi connectivity index (χ0v) is 14.9. The van der Waals surface area contributed by atoms with Crippen LogP contribution in [0.15, 0.2) is 36.4 Å². The van der Waals surface area contributed by atoms with Crippen LogP contribution in [0.2, 0.25) is 5.02 Å². The van der Waals surface area contributed by atoms with Gasteiger partial charge in [0.05, 0.1) is 5.56 Å². The standard InChI is InChI=1S/C16H13ClINO3/c1-9-3-4-11(17)7-14(9)19-16(21)13-8-12(18)5-6-15(13)22-10(2)20/h3-8H,1-2H3,(H,19,21). The third kappa shape index (κ3) is 4.20. The molecule has 0 atom stereocenters. The normalized spacial score (nSPS) is 10.2. The molecule has 0 bridgehead atoms. The van der Waals surface area contributed by atoms with Gasteiger partial charge in [0.2, 0.25) is 0 Å². The summed E-state index contributed by atoms with van der Waals surface area (Å²) in [7, 11) is 0. The van der Waals surface area contributed by atoms with Crippen molar-refractivity contribution in [1.82, 2.24) is 0 Å². The fraction of sp³-hybridized carbons (Fsp3) is 0.125. The van der Waals surface area contributed by atoms with Gasteiger partial charge < -0.3 is 10.1 Å². The molecule has 114 valence electrons. The molecule has 2 rings (SSSR count). The number of halogens is 2. The second kappa shape index (κ2) is 7.11. The minimum absolute atomic E-state index is 0.227. The Morgan fingerprint density at radius 3 is 2.59 bits per heavy atom. The fourth-order valence-corrected chi connectivity index (χ4v) is 2.51. The van der Waals surface area contributed by atoms with Crippen molar-refractivity contribution in [3.63, 3.8) is 0 Å². The van der Waals surface area contributed by atoms with E-state index in [0.29, 0.717) is 16.3 Å². The number of hydrogen-bond donors (Lipinski definition) is 1. The van der Waals surface area contributed by atoms with Gasteiger partial charge in [-0.1, -0.05) is 17.7 Å². The van der Waals surface area contributed by atoms with Crippen LogP contribution < -0.4 is 10.1 Å².